The van der Waals surface area contributed by atoms with Crippen LogP contribution in [0, 0.1) is 5.82 Å². The zero-order chi connectivity index (χ0) is 13.4. The first-order valence-corrected chi connectivity index (χ1v) is 6.04. The van der Waals surface area contributed by atoms with Gasteiger partial charge in [0.1, 0.15) is 11.6 Å². The molecule has 3 rings (SSSR count). The van der Waals surface area contributed by atoms with Crippen molar-refractivity contribution in [3.8, 4) is 0 Å². The van der Waals surface area contributed by atoms with E-state index in [0.717, 1.165) is 29.8 Å². The SMILES string of the molecule is Nc1ncc(CN2CCc3ccc(F)cc32)c(N)n1. The maximum atomic E-state index is 13.3. The number of hydrogen-bond donors (Lipinski definition) is 2. The maximum Gasteiger partial charge on any atom is 0.221 e. The standard InChI is InChI=1S/C13H14FN5/c14-10-2-1-8-3-4-19(11(8)5-10)7-9-6-17-13(16)18-12(9)15/h1-2,5-6H,3-4,7H2,(H4,15,16,17,18). The highest BCUT2D eigenvalue weighted by Gasteiger charge is 2.20. The fourth-order valence-corrected chi connectivity index (χ4v) is 2.34. The van der Waals surface area contributed by atoms with E-state index in [2.05, 4.69) is 14.9 Å². The zero-order valence-corrected chi connectivity index (χ0v) is 10.3. The predicted octanol–water partition coefficient (Wildman–Crippen LogP) is 1.34. The summed E-state index contributed by atoms with van der Waals surface area (Å²) in [6.45, 7) is 1.39. The first-order chi connectivity index (χ1) is 9.13. The van der Waals surface area contributed by atoms with Crippen molar-refractivity contribution in [3.63, 3.8) is 0 Å². The molecule has 0 amide bonds. The van der Waals surface area contributed by atoms with E-state index in [0.29, 0.717) is 12.4 Å². The molecule has 1 aromatic carbocycles. The van der Waals surface area contributed by atoms with E-state index >= 15 is 0 Å². The molecule has 19 heavy (non-hydrogen) atoms. The number of aromatic nitrogens is 2. The van der Waals surface area contributed by atoms with Crippen LogP contribution in [0.25, 0.3) is 0 Å². The van der Waals surface area contributed by atoms with E-state index in [4.69, 9.17) is 11.5 Å². The van der Waals surface area contributed by atoms with Gasteiger partial charge >= 0.3 is 0 Å². The van der Waals surface area contributed by atoms with E-state index < -0.39 is 0 Å². The molecule has 98 valence electrons. The van der Waals surface area contributed by atoms with Gasteiger partial charge in [0.2, 0.25) is 5.95 Å². The molecule has 1 aliphatic heterocycles. The Bertz CT molecular complexity index is 628. The van der Waals surface area contributed by atoms with Crippen LogP contribution in [0.3, 0.4) is 0 Å². The Kier molecular flexibility index (Phi) is 2.70. The Morgan fingerprint density at radius 2 is 2.16 bits per heavy atom. The van der Waals surface area contributed by atoms with Crippen molar-refractivity contribution < 1.29 is 4.39 Å². The smallest absolute Gasteiger partial charge is 0.221 e. The summed E-state index contributed by atoms with van der Waals surface area (Å²) in [5.74, 6) is 0.304. The highest BCUT2D eigenvalue weighted by Crippen LogP contribution is 2.30. The Morgan fingerprint density at radius 1 is 1.32 bits per heavy atom. The summed E-state index contributed by atoms with van der Waals surface area (Å²) in [5.41, 5.74) is 14.1. The summed E-state index contributed by atoms with van der Waals surface area (Å²) >= 11 is 0. The highest BCUT2D eigenvalue weighted by atomic mass is 19.1. The minimum Gasteiger partial charge on any atom is -0.383 e. The van der Waals surface area contributed by atoms with Gasteiger partial charge in [0.25, 0.3) is 0 Å². The van der Waals surface area contributed by atoms with Gasteiger partial charge in [-0.15, -0.1) is 0 Å². The van der Waals surface area contributed by atoms with Gasteiger partial charge in [-0.2, -0.15) is 4.98 Å². The molecule has 5 nitrogen and oxygen atoms in total. The second kappa shape index (κ2) is 4.38. The molecular formula is C13H14FN5. The Balaban J connectivity index is 1.88. The van der Waals surface area contributed by atoms with Gasteiger partial charge in [-0.3, -0.25) is 0 Å². The van der Waals surface area contributed by atoms with E-state index in [9.17, 15) is 4.39 Å². The number of benzene rings is 1. The van der Waals surface area contributed by atoms with Gasteiger partial charge in [-0.25, -0.2) is 9.37 Å². The molecule has 0 atom stereocenters. The molecule has 2 aromatic rings. The first kappa shape index (κ1) is 11.7. The third-order valence-corrected chi connectivity index (χ3v) is 3.32. The number of nitrogens with two attached hydrogens (primary N) is 2. The molecule has 1 aliphatic rings. The maximum absolute atomic E-state index is 13.3. The topological polar surface area (TPSA) is 81.1 Å². The Hall–Kier alpha value is -2.37. The largest absolute Gasteiger partial charge is 0.383 e. The summed E-state index contributed by atoms with van der Waals surface area (Å²) in [4.78, 5) is 9.95. The Labute approximate surface area is 110 Å². The summed E-state index contributed by atoms with van der Waals surface area (Å²) in [6.07, 6.45) is 2.53. The average molecular weight is 259 g/mol. The summed E-state index contributed by atoms with van der Waals surface area (Å²) in [5, 5.41) is 0. The van der Waals surface area contributed by atoms with Crippen molar-refractivity contribution in [2.24, 2.45) is 0 Å². The van der Waals surface area contributed by atoms with Crippen LogP contribution in [-0.4, -0.2) is 16.5 Å². The first-order valence-electron chi connectivity index (χ1n) is 6.04. The molecule has 0 saturated heterocycles. The summed E-state index contributed by atoms with van der Waals surface area (Å²) in [7, 11) is 0. The fraction of sp³-hybridized carbons (Fsp3) is 0.231. The van der Waals surface area contributed by atoms with Crippen LogP contribution in [0.2, 0.25) is 0 Å². The lowest BCUT2D eigenvalue weighted by Crippen LogP contribution is -2.21. The number of halogens is 1. The number of hydrogen-bond acceptors (Lipinski definition) is 5. The average Bonchev–Trinajstić information content (AvgIpc) is 2.75. The van der Waals surface area contributed by atoms with Crippen LogP contribution in [0.1, 0.15) is 11.1 Å². The molecule has 0 spiro atoms. The second-order valence-electron chi connectivity index (χ2n) is 4.58. The third kappa shape index (κ3) is 2.16. The van der Waals surface area contributed by atoms with Crippen molar-refractivity contribution in [1.82, 2.24) is 9.97 Å². The normalized spacial score (nSPS) is 13.6. The van der Waals surface area contributed by atoms with Crippen molar-refractivity contribution in [2.45, 2.75) is 13.0 Å². The molecule has 1 aromatic heterocycles. The monoisotopic (exact) mass is 259 g/mol. The van der Waals surface area contributed by atoms with E-state index in [1.807, 2.05) is 6.07 Å². The molecular weight excluding hydrogens is 245 g/mol. The molecule has 0 unspecified atom stereocenters. The number of anilines is 3. The lowest BCUT2D eigenvalue weighted by atomic mass is 10.1. The molecule has 2 heterocycles. The predicted molar refractivity (Wildman–Crippen MR) is 72.0 cm³/mol. The zero-order valence-electron chi connectivity index (χ0n) is 10.3. The van der Waals surface area contributed by atoms with Crippen LogP contribution in [-0.2, 0) is 13.0 Å². The molecule has 6 heteroatoms. The van der Waals surface area contributed by atoms with Crippen LogP contribution in [0.5, 0.6) is 0 Å². The summed E-state index contributed by atoms with van der Waals surface area (Å²) < 4.78 is 13.3. The van der Waals surface area contributed by atoms with Crippen molar-refractivity contribution in [2.75, 3.05) is 22.9 Å². The lowest BCUT2D eigenvalue weighted by Gasteiger charge is -2.20. The minimum atomic E-state index is -0.229. The van der Waals surface area contributed by atoms with E-state index in [-0.39, 0.29) is 11.8 Å². The van der Waals surface area contributed by atoms with Gasteiger partial charge in [0, 0.05) is 30.5 Å². The van der Waals surface area contributed by atoms with Crippen LogP contribution in [0.15, 0.2) is 24.4 Å². The summed E-state index contributed by atoms with van der Waals surface area (Å²) in [6, 6.07) is 4.87. The Morgan fingerprint density at radius 3 is 2.95 bits per heavy atom. The fourth-order valence-electron chi connectivity index (χ4n) is 2.34. The third-order valence-electron chi connectivity index (χ3n) is 3.32. The van der Waals surface area contributed by atoms with Crippen LogP contribution in [0.4, 0.5) is 21.8 Å². The van der Waals surface area contributed by atoms with Gasteiger partial charge < -0.3 is 16.4 Å². The molecule has 0 fully saturated rings. The van der Waals surface area contributed by atoms with Gasteiger partial charge in [0.15, 0.2) is 0 Å². The van der Waals surface area contributed by atoms with E-state index in [1.54, 1.807) is 12.3 Å². The highest BCUT2D eigenvalue weighted by molar-refractivity contribution is 5.59. The second-order valence-corrected chi connectivity index (χ2v) is 4.58. The molecule has 4 N–H and O–H groups in total. The number of nitrogens with zero attached hydrogens (tertiary/aromatic N) is 3. The van der Waals surface area contributed by atoms with Crippen molar-refractivity contribution in [1.29, 1.82) is 0 Å². The van der Waals surface area contributed by atoms with Gasteiger partial charge in [0.05, 0.1) is 0 Å². The van der Waals surface area contributed by atoms with Crippen LogP contribution >= 0.6 is 0 Å². The van der Waals surface area contributed by atoms with Crippen LogP contribution < -0.4 is 16.4 Å². The number of nitrogen functional groups attached to an aromatic ring is 2. The van der Waals surface area contributed by atoms with Crippen molar-refractivity contribution >= 4 is 17.5 Å². The minimum absolute atomic E-state index is 0.161. The number of rotatable bonds is 2. The molecule has 0 radical (unpaired) electrons. The van der Waals surface area contributed by atoms with Gasteiger partial charge in [-0.1, -0.05) is 6.07 Å². The molecule has 0 bridgehead atoms. The quantitative estimate of drug-likeness (QED) is 0.850. The lowest BCUT2D eigenvalue weighted by molar-refractivity contribution is 0.627. The van der Waals surface area contributed by atoms with Gasteiger partial charge in [-0.05, 0) is 24.1 Å². The molecule has 0 aliphatic carbocycles. The van der Waals surface area contributed by atoms with Crippen molar-refractivity contribution in [3.05, 3.63) is 41.3 Å². The van der Waals surface area contributed by atoms with E-state index in [1.165, 1.54) is 6.07 Å². The number of fused-ring (bicyclic) bond motifs is 1. The molecule has 0 saturated carbocycles.